The molecule has 0 bridgehead atoms. The average Bonchev–Trinajstić information content (AvgIpc) is 2.86. The Hall–Kier alpha value is -1.75. The van der Waals surface area contributed by atoms with Crippen molar-refractivity contribution in [1.82, 2.24) is 9.27 Å². The van der Waals surface area contributed by atoms with E-state index in [1.165, 1.54) is 12.1 Å². The van der Waals surface area contributed by atoms with Gasteiger partial charge in [0, 0.05) is 31.3 Å². The number of nitrogens with zero attached hydrogens (tertiary/aromatic N) is 4. The number of anilines is 1. The largest absolute Gasteiger partial charge is 0.355 e. The Morgan fingerprint density at radius 3 is 2.65 bits per heavy atom. The summed E-state index contributed by atoms with van der Waals surface area (Å²) in [6, 6.07) is 5.50. The normalized spacial score (nSPS) is 10.8. The van der Waals surface area contributed by atoms with Crippen molar-refractivity contribution < 1.29 is 8.78 Å². The van der Waals surface area contributed by atoms with Gasteiger partial charge in [0.05, 0.1) is 0 Å². The first kappa shape index (κ1) is 17.6. The first-order valence-corrected chi connectivity index (χ1v) is 7.96. The van der Waals surface area contributed by atoms with Gasteiger partial charge in [0.1, 0.15) is 28.3 Å². The molecule has 0 fully saturated rings. The summed E-state index contributed by atoms with van der Waals surface area (Å²) in [4.78, 5) is 3.81. The van der Waals surface area contributed by atoms with Gasteiger partial charge in [-0.25, -0.2) is 8.78 Å². The molecule has 0 aliphatic rings. The molecule has 4 nitrogen and oxygen atoms in total. The third kappa shape index (κ3) is 4.38. The highest BCUT2D eigenvalue weighted by Gasteiger charge is 2.20. The molecular formula is C15H15ClF2N4S. The standard InChI is InChI=1S/C15H15ClF2N4S/c1-21(2)5-6-22(15-12(8-19)14(16)20-23-15)9-10-3-4-11(17)7-13(10)18/h3-4,7H,5-6,9H2,1-2H3. The van der Waals surface area contributed by atoms with Crippen LogP contribution in [0, 0.1) is 23.0 Å². The second-order valence-electron chi connectivity index (χ2n) is 5.23. The summed E-state index contributed by atoms with van der Waals surface area (Å²) >= 11 is 7.02. The van der Waals surface area contributed by atoms with E-state index in [4.69, 9.17) is 11.6 Å². The lowest BCUT2D eigenvalue weighted by atomic mass is 10.2. The van der Waals surface area contributed by atoms with Gasteiger partial charge in [-0.1, -0.05) is 17.7 Å². The Kier molecular flexibility index (Phi) is 5.88. The maximum Gasteiger partial charge on any atom is 0.162 e. The number of likely N-dealkylation sites (N-methyl/N-ethyl adjacent to an activating group) is 1. The molecular weight excluding hydrogens is 342 g/mol. The highest BCUT2D eigenvalue weighted by molar-refractivity contribution is 7.10. The Labute approximate surface area is 142 Å². The van der Waals surface area contributed by atoms with Gasteiger partial charge in [-0.2, -0.15) is 9.64 Å². The summed E-state index contributed by atoms with van der Waals surface area (Å²) < 4.78 is 31.0. The second kappa shape index (κ2) is 7.68. The highest BCUT2D eigenvalue weighted by atomic mass is 35.5. The predicted octanol–water partition coefficient (Wildman–Crippen LogP) is 3.51. The number of hydrogen-bond donors (Lipinski definition) is 0. The molecule has 0 amide bonds. The molecule has 0 radical (unpaired) electrons. The number of rotatable bonds is 6. The molecule has 0 unspecified atom stereocenters. The smallest absolute Gasteiger partial charge is 0.162 e. The number of hydrogen-bond acceptors (Lipinski definition) is 5. The van der Waals surface area contributed by atoms with Crippen molar-refractivity contribution in [2.24, 2.45) is 0 Å². The van der Waals surface area contributed by atoms with Crippen molar-refractivity contribution in [2.75, 3.05) is 32.1 Å². The zero-order valence-corrected chi connectivity index (χ0v) is 14.3. The molecule has 122 valence electrons. The maximum atomic E-state index is 13.9. The van der Waals surface area contributed by atoms with E-state index in [-0.39, 0.29) is 17.3 Å². The Morgan fingerprint density at radius 2 is 2.04 bits per heavy atom. The van der Waals surface area contributed by atoms with Gasteiger partial charge in [0.25, 0.3) is 0 Å². The van der Waals surface area contributed by atoms with Crippen molar-refractivity contribution in [1.29, 1.82) is 5.26 Å². The molecule has 2 rings (SSSR count). The monoisotopic (exact) mass is 356 g/mol. The van der Waals surface area contributed by atoms with Gasteiger partial charge in [0.15, 0.2) is 5.15 Å². The second-order valence-corrected chi connectivity index (χ2v) is 6.34. The predicted molar refractivity (Wildman–Crippen MR) is 87.8 cm³/mol. The van der Waals surface area contributed by atoms with Crippen LogP contribution in [0.5, 0.6) is 0 Å². The summed E-state index contributed by atoms with van der Waals surface area (Å²) in [5.41, 5.74) is 0.622. The van der Waals surface area contributed by atoms with E-state index in [1.807, 2.05) is 30.0 Å². The molecule has 1 heterocycles. The van der Waals surface area contributed by atoms with E-state index < -0.39 is 11.6 Å². The summed E-state index contributed by atoms with van der Waals surface area (Å²) in [5.74, 6) is -1.24. The lowest BCUT2D eigenvalue weighted by Crippen LogP contribution is -2.31. The Bertz CT molecular complexity index is 727. The molecule has 1 aromatic heterocycles. The van der Waals surface area contributed by atoms with Gasteiger partial charge in [-0.3, -0.25) is 0 Å². The summed E-state index contributed by atoms with van der Waals surface area (Å²) in [5, 5.41) is 9.97. The minimum absolute atomic E-state index is 0.141. The first-order chi connectivity index (χ1) is 10.9. The molecule has 0 aliphatic carbocycles. The van der Waals surface area contributed by atoms with Crippen LogP contribution in [-0.2, 0) is 6.54 Å². The first-order valence-electron chi connectivity index (χ1n) is 6.81. The quantitative estimate of drug-likeness (QED) is 0.794. The van der Waals surface area contributed by atoms with Crippen molar-refractivity contribution in [3.63, 3.8) is 0 Å². The van der Waals surface area contributed by atoms with E-state index >= 15 is 0 Å². The Balaban J connectivity index is 2.32. The zero-order chi connectivity index (χ0) is 17.0. The van der Waals surface area contributed by atoms with E-state index in [9.17, 15) is 14.0 Å². The summed E-state index contributed by atoms with van der Waals surface area (Å²) in [6.07, 6.45) is 0. The molecule has 2 aromatic rings. The van der Waals surface area contributed by atoms with E-state index in [0.29, 0.717) is 23.7 Å². The van der Waals surface area contributed by atoms with Gasteiger partial charge in [0.2, 0.25) is 0 Å². The van der Waals surface area contributed by atoms with Crippen molar-refractivity contribution in [2.45, 2.75) is 6.54 Å². The fourth-order valence-corrected chi connectivity index (χ4v) is 3.06. The molecule has 1 aromatic carbocycles. The van der Waals surface area contributed by atoms with Crippen LogP contribution in [0.25, 0.3) is 0 Å². The molecule has 0 saturated heterocycles. The fourth-order valence-electron chi connectivity index (χ4n) is 2.00. The van der Waals surface area contributed by atoms with E-state index in [2.05, 4.69) is 4.37 Å². The molecule has 0 atom stereocenters. The van der Waals surface area contributed by atoms with Crippen LogP contribution in [0.15, 0.2) is 18.2 Å². The van der Waals surface area contributed by atoms with Gasteiger partial charge < -0.3 is 9.80 Å². The minimum atomic E-state index is -0.621. The van der Waals surface area contributed by atoms with Crippen molar-refractivity contribution >= 4 is 28.1 Å². The van der Waals surface area contributed by atoms with Crippen LogP contribution in [0.2, 0.25) is 5.15 Å². The van der Waals surface area contributed by atoms with Crippen LogP contribution < -0.4 is 4.90 Å². The number of aromatic nitrogens is 1. The topological polar surface area (TPSA) is 43.2 Å². The molecule has 0 N–H and O–H groups in total. The van der Waals surface area contributed by atoms with Gasteiger partial charge in [-0.15, -0.1) is 0 Å². The number of halogens is 3. The number of nitriles is 1. The van der Waals surface area contributed by atoms with Crippen molar-refractivity contribution in [3.05, 3.63) is 46.1 Å². The number of benzene rings is 1. The van der Waals surface area contributed by atoms with Crippen LogP contribution in [0.1, 0.15) is 11.1 Å². The third-order valence-electron chi connectivity index (χ3n) is 3.22. The van der Waals surface area contributed by atoms with Crippen LogP contribution in [0.4, 0.5) is 13.8 Å². The van der Waals surface area contributed by atoms with E-state index in [0.717, 1.165) is 17.6 Å². The molecule has 23 heavy (non-hydrogen) atoms. The summed E-state index contributed by atoms with van der Waals surface area (Å²) in [6.45, 7) is 1.45. The SMILES string of the molecule is CN(C)CCN(Cc1ccc(F)cc1F)c1snc(Cl)c1C#N. The van der Waals surface area contributed by atoms with E-state index in [1.54, 1.807) is 0 Å². The molecule has 0 aliphatic heterocycles. The zero-order valence-electron chi connectivity index (χ0n) is 12.7. The molecule has 0 spiro atoms. The van der Waals surface area contributed by atoms with Crippen LogP contribution >= 0.6 is 23.1 Å². The van der Waals surface area contributed by atoms with Crippen molar-refractivity contribution in [3.8, 4) is 6.07 Å². The molecule has 0 saturated carbocycles. The molecule has 8 heteroatoms. The third-order valence-corrected chi connectivity index (χ3v) is 4.51. The van der Waals surface area contributed by atoms with Crippen LogP contribution in [0.3, 0.4) is 0 Å². The lowest BCUT2D eigenvalue weighted by molar-refractivity contribution is 0.412. The summed E-state index contributed by atoms with van der Waals surface area (Å²) in [7, 11) is 3.84. The van der Waals surface area contributed by atoms with Gasteiger partial charge in [-0.05, 0) is 31.7 Å². The Morgan fingerprint density at radius 1 is 1.30 bits per heavy atom. The highest BCUT2D eigenvalue weighted by Crippen LogP contribution is 2.32. The van der Waals surface area contributed by atoms with Gasteiger partial charge >= 0.3 is 0 Å². The fraction of sp³-hybridized carbons (Fsp3) is 0.333. The minimum Gasteiger partial charge on any atom is -0.355 e. The maximum absolute atomic E-state index is 13.9. The van der Waals surface area contributed by atoms with Crippen LogP contribution in [-0.4, -0.2) is 36.5 Å². The lowest BCUT2D eigenvalue weighted by Gasteiger charge is -2.25. The average molecular weight is 357 g/mol.